The van der Waals surface area contributed by atoms with Gasteiger partial charge in [0.1, 0.15) is 17.0 Å². The van der Waals surface area contributed by atoms with Crippen LogP contribution in [0, 0.1) is 11.8 Å². The number of alkyl halides is 3. The number of aliphatic imine (C=N–C) groups is 1. The number of thiophene rings is 1. The molecule has 4 heterocycles. The topological polar surface area (TPSA) is 41.4 Å². The van der Waals surface area contributed by atoms with Crippen LogP contribution in [0.2, 0.25) is 0 Å². The van der Waals surface area contributed by atoms with E-state index in [1.165, 1.54) is 11.4 Å². The summed E-state index contributed by atoms with van der Waals surface area (Å²) in [6.07, 6.45) is -2.59. The van der Waals surface area contributed by atoms with Crippen molar-refractivity contribution >= 4 is 44.2 Å². The second-order valence-corrected chi connectivity index (χ2v) is 11.0. The summed E-state index contributed by atoms with van der Waals surface area (Å²) in [5.74, 6) is 1.91. The van der Waals surface area contributed by atoms with E-state index in [9.17, 15) is 13.2 Å². The molecule has 1 saturated heterocycles. The molecule has 1 saturated carbocycles. The molecule has 144 valence electrons. The maximum Gasteiger partial charge on any atom is 0.393 e. The van der Waals surface area contributed by atoms with Gasteiger partial charge < -0.3 is 4.90 Å². The third-order valence-electron chi connectivity index (χ3n) is 5.63. The van der Waals surface area contributed by atoms with Gasteiger partial charge in [-0.15, -0.1) is 23.1 Å². The first-order valence-corrected chi connectivity index (χ1v) is 10.6. The number of hydrogen-bond acceptors (Lipinski definition) is 6. The maximum atomic E-state index is 12.7. The van der Waals surface area contributed by atoms with Crippen LogP contribution in [0.1, 0.15) is 25.1 Å². The first-order chi connectivity index (χ1) is 12.7. The lowest BCUT2D eigenvalue weighted by Crippen LogP contribution is -2.68. The third-order valence-corrected chi connectivity index (χ3v) is 8.00. The quantitative estimate of drug-likeness (QED) is 0.742. The number of fused-ring (bicyclic) bond motifs is 2. The Labute approximate surface area is 163 Å². The Morgan fingerprint density at radius 1 is 1.30 bits per heavy atom. The first kappa shape index (κ1) is 17.7. The number of thioether (sulfide) groups is 1. The number of nitrogens with zero attached hydrogens (tertiary/aromatic N) is 4. The Balaban J connectivity index is 1.33. The highest BCUT2D eigenvalue weighted by Crippen LogP contribution is 2.53. The molecule has 0 bridgehead atoms. The number of rotatable bonds is 3. The van der Waals surface area contributed by atoms with E-state index in [0.717, 1.165) is 42.1 Å². The zero-order chi connectivity index (χ0) is 19.0. The van der Waals surface area contributed by atoms with Crippen LogP contribution in [-0.4, -0.2) is 45.1 Å². The van der Waals surface area contributed by atoms with Crippen molar-refractivity contribution in [2.24, 2.45) is 16.8 Å². The molecular weight excluding hydrogens is 393 g/mol. The molecule has 3 aliphatic rings. The van der Waals surface area contributed by atoms with Crippen LogP contribution < -0.4 is 4.90 Å². The molecule has 0 spiro atoms. The van der Waals surface area contributed by atoms with Crippen LogP contribution in [-0.2, 0) is 6.42 Å². The van der Waals surface area contributed by atoms with Gasteiger partial charge in [0.2, 0.25) is 0 Å². The first-order valence-electron chi connectivity index (χ1n) is 9.00. The largest absolute Gasteiger partial charge is 0.393 e. The van der Waals surface area contributed by atoms with E-state index in [-0.39, 0.29) is 4.75 Å². The van der Waals surface area contributed by atoms with Crippen molar-refractivity contribution in [3.05, 3.63) is 17.3 Å². The summed E-state index contributed by atoms with van der Waals surface area (Å²) in [5, 5.41) is 2.04. The zero-order valence-electron chi connectivity index (χ0n) is 15.0. The van der Waals surface area contributed by atoms with Crippen LogP contribution >= 0.6 is 23.1 Å². The molecule has 0 amide bonds. The van der Waals surface area contributed by atoms with E-state index < -0.39 is 12.6 Å². The molecule has 3 atom stereocenters. The van der Waals surface area contributed by atoms with Crippen molar-refractivity contribution in [3.8, 4) is 0 Å². The second-order valence-electron chi connectivity index (χ2n) is 8.16. The molecule has 5 rings (SSSR count). The fourth-order valence-electron chi connectivity index (χ4n) is 4.26. The van der Waals surface area contributed by atoms with Gasteiger partial charge in [-0.05, 0) is 26.3 Å². The fourth-order valence-corrected chi connectivity index (χ4v) is 6.52. The summed E-state index contributed by atoms with van der Waals surface area (Å²) in [7, 11) is 0. The van der Waals surface area contributed by atoms with Gasteiger partial charge in [-0.1, -0.05) is 0 Å². The smallest absolute Gasteiger partial charge is 0.352 e. The summed E-state index contributed by atoms with van der Waals surface area (Å²) in [6.45, 7) is 6.23. The van der Waals surface area contributed by atoms with Crippen molar-refractivity contribution in [1.82, 2.24) is 9.97 Å². The van der Waals surface area contributed by atoms with Crippen molar-refractivity contribution < 1.29 is 13.2 Å². The molecule has 9 heteroatoms. The van der Waals surface area contributed by atoms with E-state index in [4.69, 9.17) is 4.99 Å². The predicted molar refractivity (Wildman–Crippen MR) is 104 cm³/mol. The number of piperidine rings is 1. The monoisotopic (exact) mass is 412 g/mol. The Bertz CT molecular complexity index is 936. The predicted octanol–water partition coefficient (Wildman–Crippen LogP) is 4.54. The molecule has 2 aromatic heterocycles. The maximum absolute atomic E-state index is 12.7. The summed E-state index contributed by atoms with van der Waals surface area (Å²) in [6, 6.07) is 2.04. The lowest BCUT2D eigenvalue weighted by molar-refractivity contribution is -0.126. The van der Waals surface area contributed by atoms with E-state index in [1.54, 1.807) is 6.07 Å². The normalized spacial score (nSPS) is 29.3. The highest BCUT2D eigenvalue weighted by Gasteiger charge is 2.56. The molecule has 4 nitrogen and oxygen atoms in total. The summed E-state index contributed by atoms with van der Waals surface area (Å²) < 4.78 is 38.4. The number of hydrogen-bond donors (Lipinski definition) is 0. The van der Waals surface area contributed by atoms with E-state index >= 15 is 0 Å². The second kappa shape index (κ2) is 5.83. The molecule has 2 fully saturated rings. The highest BCUT2D eigenvalue weighted by molar-refractivity contribution is 8.15. The summed E-state index contributed by atoms with van der Waals surface area (Å²) in [4.78, 5) is 16.5. The summed E-state index contributed by atoms with van der Waals surface area (Å²) in [5.41, 5.74) is 0. The van der Waals surface area contributed by atoms with Crippen molar-refractivity contribution in [2.45, 2.75) is 43.7 Å². The van der Waals surface area contributed by atoms with Crippen LogP contribution in [0.3, 0.4) is 0 Å². The van der Waals surface area contributed by atoms with E-state index in [2.05, 4.69) is 28.7 Å². The van der Waals surface area contributed by atoms with Gasteiger partial charge in [-0.3, -0.25) is 4.99 Å². The van der Waals surface area contributed by atoms with Crippen LogP contribution in [0.5, 0.6) is 0 Å². The molecule has 2 aromatic rings. The van der Waals surface area contributed by atoms with Gasteiger partial charge in [0.05, 0.1) is 23.4 Å². The van der Waals surface area contributed by atoms with Crippen LogP contribution in [0.4, 0.5) is 19.0 Å². The van der Waals surface area contributed by atoms with Gasteiger partial charge in [-0.2, -0.15) is 13.2 Å². The average Bonchev–Trinajstić information content (AvgIpc) is 3.09. The number of aromatic nitrogens is 2. The molecule has 2 aliphatic heterocycles. The molecule has 1 aliphatic carbocycles. The Kier molecular flexibility index (Phi) is 3.82. The number of anilines is 1. The summed E-state index contributed by atoms with van der Waals surface area (Å²) >= 11 is 3.01. The zero-order valence-corrected chi connectivity index (χ0v) is 16.6. The third kappa shape index (κ3) is 3.03. The van der Waals surface area contributed by atoms with Gasteiger partial charge in [0.15, 0.2) is 0 Å². The number of halogens is 3. The molecule has 0 aromatic carbocycles. The van der Waals surface area contributed by atoms with Crippen LogP contribution in [0.25, 0.3) is 10.2 Å². The van der Waals surface area contributed by atoms with Gasteiger partial charge >= 0.3 is 6.18 Å². The average molecular weight is 413 g/mol. The lowest BCUT2D eigenvalue weighted by Gasteiger charge is -2.60. The molecule has 0 N–H and O–H groups in total. The van der Waals surface area contributed by atoms with Crippen LogP contribution in [0.15, 0.2) is 17.4 Å². The van der Waals surface area contributed by atoms with Crippen molar-refractivity contribution in [1.29, 1.82) is 0 Å². The molecule has 27 heavy (non-hydrogen) atoms. The lowest BCUT2D eigenvalue weighted by atomic mass is 9.63. The molecule has 2 unspecified atom stereocenters. The fraction of sp³-hybridized carbons (Fsp3) is 0.611. The van der Waals surface area contributed by atoms with E-state index in [1.807, 2.05) is 11.8 Å². The Morgan fingerprint density at radius 2 is 2.11 bits per heavy atom. The Morgan fingerprint density at radius 3 is 2.74 bits per heavy atom. The SMILES string of the molecule is CC1(C)CN=C(C2C[C@@H]3C2CN3c2ncnc3sc(CC(F)(F)F)cc23)S1. The highest BCUT2D eigenvalue weighted by atomic mass is 32.2. The van der Waals surface area contributed by atoms with E-state index in [0.29, 0.717) is 27.6 Å². The standard InChI is InChI=1S/C18H19F3N4S2/c1-17(2)7-22-16(27-17)10-4-13-12(10)6-25(13)14-11-3-9(5-18(19,20)21)26-15(11)24-8-23-14/h3,8,10,12-13H,4-7H2,1-2H3/t10?,12?,13-/m1/s1. The van der Waals surface area contributed by atoms with Gasteiger partial charge in [-0.25, -0.2) is 9.97 Å². The minimum Gasteiger partial charge on any atom is -0.352 e. The minimum atomic E-state index is -4.20. The van der Waals surface area contributed by atoms with Gasteiger partial charge in [0, 0.05) is 34.0 Å². The molecule has 0 radical (unpaired) electrons. The van der Waals surface area contributed by atoms with Gasteiger partial charge in [0.25, 0.3) is 0 Å². The Hall–Kier alpha value is -1.35. The van der Waals surface area contributed by atoms with Crippen molar-refractivity contribution in [3.63, 3.8) is 0 Å². The molecular formula is C18H19F3N4S2. The minimum absolute atomic E-state index is 0.203. The van der Waals surface area contributed by atoms with Crippen molar-refractivity contribution in [2.75, 3.05) is 18.0 Å².